The lowest BCUT2D eigenvalue weighted by atomic mass is 10.0. The smallest absolute Gasteiger partial charge is 0.128 e. The summed E-state index contributed by atoms with van der Waals surface area (Å²) in [7, 11) is 0. The lowest BCUT2D eigenvalue weighted by Gasteiger charge is -2.10. The van der Waals surface area contributed by atoms with E-state index in [0.29, 0.717) is 0 Å². The monoisotopic (exact) mass is 188 g/mol. The van der Waals surface area contributed by atoms with Crippen molar-refractivity contribution in [2.45, 2.75) is 13.2 Å². The lowest BCUT2D eigenvalue weighted by Crippen LogP contribution is -2.10. The first-order chi connectivity index (χ1) is 6.68. The Morgan fingerprint density at radius 2 is 2.14 bits per heavy atom. The molecule has 72 valence electrons. The van der Waals surface area contributed by atoms with Crippen LogP contribution in [0.3, 0.4) is 0 Å². The normalized spacial score (nSPS) is 13.1. The van der Waals surface area contributed by atoms with Gasteiger partial charge < -0.3 is 10.8 Å². The van der Waals surface area contributed by atoms with Gasteiger partial charge in [-0.25, -0.2) is 0 Å². The van der Waals surface area contributed by atoms with Crippen LogP contribution in [0.25, 0.3) is 10.8 Å². The minimum atomic E-state index is -0.910. The summed E-state index contributed by atoms with van der Waals surface area (Å²) < 4.78 is 0. The van der Waals surface area contributed by atoms with Crippen LogP contribution < -0.4 is 5.73 Å². The maximum Gasteiger partial charge on any atom is 0.128 e. The van der Waals surface area contributed by atoms with Crippen molar-refractivity contribution in [1.82, 2.24) is 4.98 Å². The number of nitrogens with two attached hydrogens (primary N) is 1. The highest BCUT2D eigenvalue weighted by atomic mass is 16.3. The Morgan fingerprint density at radius 1 is 1.36 bits per heavy atom. The summed E-state index contributed by atoms with van der Waals surface area (Å²) in [6.07, 6.45) is 2.62. The number of aliphatic hydroxyl groups is 1. The van der Waals surface area contributed by atoms with E-state index in [4.69, 9.17) is 5.73 Å². The van der Waals surface area contributed by atoms with Gasteiger partial charge in [-0.3, -0.25) is 4.98 Å². The van der Waals surface area contributed by atoms with Crippen LogP contribution in [0.15, 0.2) is 30.6 Å². The molecule has 2 aromatic rings. The number of aryl methyl sites for hydroxylation is 1. The Hall–Kier alpha value is -1.45. The molecule has 0 radical (unpaired) electrons. The van der Waals surface area contributed by atoms with Crippen molar-refractivity contribution >= 4 is 10.8 Å². The average molecular weight is 188 g/mol. The zero-order valence-electron chi connectivity index (χ0n) is 7.94. The van der Waals surface area contributed by atoms with Gasteiger partial charge in [-0.2, -0.15) is 0 Å². The third-order valence-corrected chi connectivity index (χ3v) is 2.34. The third kappa shape index (κ3) is 1.47. The van der Waals surface area contributed by atoms with Crippen molar-refractivity contribution in [3.63, 3.8) is 0 Å². The molecule has 1 heterocycles. The molecule has 3 heteroatoms. The molecule has 0 bridgehead atoms. The van der Waals surface area contributed by atoms with Gasteiger partial charge in [0.2, 0.25) is 0 Å². The molecule has 0 aliphatic carbocycles. The Bertz CT molecular complexity index is 466. The van der Waals surface area contributed by atoms with Gasteiger partial charge in [0.05, 0.1) is 0 Å². The molecule has 1 aromatic heterocycles. The highest BCUT2D eigenvalue weighted by Gasteiger charge is 2.06. The molecule has 0 fully saturated rings. The van der Waals surface area contributed by atoms with Crippen LogP contribution in [0.5, 0.6) is 0 Å². The second-order valence-corrected chi connectivity index (χ2v) is 3.38. The quantitative estimate of drug-likeness (QED) is 0.666. The van der Waals surface area contributed by atoms with Crippen LogP contribution >= 0.6 is 0 Å². The average Bonchev–Trinajstić information content (AvgIpc) is 2.16. The standard InChI is InChI=1S/C11H12N2O/c1-7-4-9-6-13-3-2-8(9)5-10(7)11(12)14/h2-6,11,14H,12H2,1H3. The summed E-state index contributed by atoms with van der Waals surface area (Å²) in [5.41, 5.74) is 7.20. The maximum absolute atomic E-state index is 9.33. The second-order valence-electron chi connectivity index (χ2n) is 3.38. The molecular formula is C11H12N2O. The Morgan fingerprint density at radius 3 is 2.86 bits per heavy atom. The largest absolute Gasteiger partial charge is 0.375 e. The van der Waals surface area contributed by atoms with Crippen LogP contribution in [0.2, 0.25) is 0 Å². The number of nitrogens with zero attached hydrogens (tertiary/aromatic N) is 1. The van der Waals surface area contributed by atoms with E-state index in [-0.39, 0.29) is 0 Å². The van der Waals surface area contributed by atoms with E-state index in [2.05, 4.69) is 4.98 Å². The predicted octanol–water partition coefficient (Wildman–Crippen LogP) is 1.49. The van der Waals surface area contributed by atoms with E-state index in [1.807, 2.05) is 25.1 Å². The molecule has 14 heavy (non-hydrogen) atoms. The second kappa shape index (κ2) is 3.36. The number of aromatic nitrogens is 1. The number of benzene rings is 1. The number of aliphatic hydroxyl groups excluding tert-OH is 1. The van der Waals surface area contributed by atoms with Crippen LogP contribution in [0.1, 0.15) is 17.4 Å². The fourth-order valence-corrected chi connectivity index (χ4v) is 1.59. The summed E-state index contributed by atoms with van der Waals surface area (Å²) >= 11 is 0. The number of fused-ring (bicyclic) bond motifs is 1. The van der Waals surface area contributed by atoms with Gasteiger partial charge in [0.1, 0.15) is 6.23 Å². The van der Waals surface area contributed by atoms with Gasteiger partial charge >= 0.3 is 0 Å². The van der Waals surface area contributed by atoms with Crippen LogP contribution in [0, 0.1) is 6.92 Å². The SMILES string of the molecule is Cc1cc2cnccc2cc1C(N)O. The van der Waals surface area contributed by atoms with Crippen LogP contribution in [-0.2, 0) is 0 Å². The van der Waals surface area contributed by atoms with Gasteiger partial charge in [0.25, 0.3) is 0 Å². The van der Waals surface area contributed by atoms with Crippen molar-refractivity contribution < 1.29 is 5.11 Å². The number of hydrogen-bond donors (Lipinski definition) is 2. The van der Waals surface area contributed by atoms with Crippen molar-refractivity contribution in [1.29, 1.82) is 0 Å². The summed E-state index contributed by atoms with van der Waals surface area (Å²) in [5.74, 6) is 0. The molecule has 2 rings (SSSR count). The van der Waals surface area contributed by atoms with E-state index in [0.717, 1.165) is 21.9 Å². The third-order valence-electron chi connectivity index (χ3n) is 2.34. The van der Waals surface area contributed by atoms with Crippen molar-refractivity contribution in [2.24, 2.45) is 5.73 Å². The Kier molecular flexibility index (Phi) is 2.19. The Labute approximate surface area is 82.2 Å². The molecule has 1 aromatic carbocycles. The topological polar surface area (TPSA) is 59.1 Å². The summed E-state index contributed by atoms with van der Waals surface area (Å²) in [6, 6.07) is 5.78. The zero-order chi connectivity index (χ0) is 10.1. The van der Waals surface area contributed by atoms with Gasteiger partial charge in [0.15, 0.2) is 0 Å². The summed E-state index contributed by atoms with van der Waals surface area (Å²) in [4.78, 5) is 4.03. The van der Waals surface area contributed by atoms with E-state index in [9.17, 15) is 5.11 Å². The van der Waals surface area contributed by atoms with Crippen molar-refractivity contribution in [3.8, 4) is 0 Å². The number of rotatable bonds is 1. The van der Waals surface area contributed by atoms with Crippen LogP contribution in [0.4, 0.5) is 0 Å². The highest BCUT2D eigenvalue weighted by Crippen LogP contribution is 2.21. The molecule has 1 atom stereocenters. The fraction of sp³-hybridized carbons (Fsp3) is 0.182. The molecular weight excluding hydrogens is 176 g/mol. The molecule has 1 unspecified atom stereocenters. The minimum absolute atomic E-state index is 0.767. The Balaban J connectivity index is 2.71. The molecule has 0 aliphatic heterocycles. The molecule has 0 saturated carbocycles. The molecule has 0 aliphatic rings. The van der Waals surface area contributed by atoms with E-state index >= 15 is 0 Å². The summed E-state index contributed by atoms with van der Waals surface area (Å²) in [6.45, 7) is 1.93. The van der Waals surface area contributed by atoms with E-state index in [1.54, 1.807) is 12.4 Å². The fourth-order valence-electron chi connectivity index (χ4n) is 1.59. The molecule has 3 N–H and O–H groups in total. The van der Waals surface area contributed by atoms with Crippen molar-refractivity contribution in [3.05, 3.63) is 41.7 Å². The van der Waals surface area contributed by atoms with Crippen molar-refractivity contribution in [2.75, 3.05) is 0 Å². The lowest BCUT2D eigenvalue weighted by molar-refractivity contribution is 0.185. The molecule has 3 nitrogen and oxygen atoms in total. The van der Waals surface area contributed by atoms with Gasteiger partial charge in [0, 0.05) is 17.8 Å². The minimum Gasteiger partial charge on any atom is -0.375 e. The molecule has 0 saturated heterocycles. The van der Waals surface area contributed by atoms with Crippen LogP contribution in [-0.4, -0.2) is 10.1 Å². The number of hydrogen-bond acceptors (Lipinski definition) is 3. The first-order valence-electron chi connectivity index (χ1n) is 4.46. The van der Waals surface area contributed by atoms with E-state index in [1.165, 1.54) is 0 Å². The first-order valence-corrected chi connectivity index (χ1v) is 4.46. The van der Waals surface area contributed by atoms with E-state index < -0.39 is 6.23 Å². The predicted molar refractivity (Wildman–Crippen MR) is 55.6 cm³/mol. The van der Waals surface area contributed by atoms with Gasteiger partial charge in [-0.1, -0.05) is 0 Å². The zero-order valence-corrected chi connectivity index (χ0v) is 7.94. The molecule has 0 spiro atoms. The number of pyridine rings is 1. The van der Waals surface area contributed by atoms with Gasteiger partial charge in [-0.15, -0.1) is 0 Å². The maximum atomic E-state index is 9.33. The first kappa shape index (κ1) is 9.12. The summed E-state index contributed by atoms with van der Waals surface area (Å²) in [5, 5.41) is 11.4. The highest BCUT2D eigenvalue weighted by molar-refractivity contribution is 5.83. The van der Waals surface area contributed by atoms with Gasteiger partial charge in [-0.05, 0) is 41.6 Å². The molecule has 0 amide bonds.